The van der Waals surface area contributed by atoms with Crippen molar-refractivity contribution in [1.29, 1.82) is 0 Å². The third-order valence-corrected chi connectivity index (χ3v) is 3.77. The first-order valence-corrected chi connectivity index (χ1v) is 9.33. The van der Waals surface area contributed by atoms with Crippen LogP contribution in [0.4, 0.5) is 16.2 Å². The number of nitrogens with one attached hydrogen (secondary N) is 2. The van der Waals surface area contributed by atoms with Gasteiger partial charge in [-0.25, -0.2) is 9.59 Å². The molecule has 0 atom stereocenters. The maximum Gasteiger partial charge on any atom is 0.412 e. The maximum atomic E-state index is 12.1. The van der Waals surface area contributed by atoms with Gasteiger partial charge in [-0.15, -0.1) is 0 Å². The number of carbonyl (C=O) groups is 3. The van der Waals surface area contributed by atoms with Crippen molar-refractivity contribution in [3.05, 3.63) is 59.7 Å². The molecule has 0 aliphatic rings. The fourth-order valence-corrected chi connectivity index (χ4v) is 2.46. The molecule has 2 amide bonds. The summed E-state index contributed by atoms with van der Waals surface area (Å²) in [4.78, 5) is 35.9. The Labute approximate surface area is 170 Å². The Morgan fingerprint density at radius 1 is 0.931 bits per heavy atom. The smallest absolute Gasteiger partial charge is 0.412 e. The molecule has 0 saturated carbocycles. The van der Waals surface area contributed by atoms with Crippen LogP contribution in [-0.2, 0) is 20.7 Å². The molecule has 0 radical (unpaired) electrons. The zero-order chi connectivity index (χ0) is 21.4. The predicted octanol–water partition coefficient (Wildman–Crippen LogP) is 4.39. The summed E-state index contributed by atoms with van der Waals surface area (Å²) in [7, 11) is 0. The lowest BCUT2D eigenvalue weighted by atomic mass is 10.1. The third kappa shape index (κ3) is 7.29. The monoisotopic (exact) mass is 398 g/mol. The Hall–Kier alpha value is -3.35. The minimum Gasteiger partial charge on any atom is -0.452 e. The molecule has 2 N–H and O–H groups in total. The van der Waals surface area contributed by atoms with Crippen LogP contribution in [0.5, 0.6) is 0 Å². The van der Waals surface area contributed by atoms with Gasteiger partial charge in [-0.1, -0.05) is 25.1 Å². The molecule has 0 saturated heterocycles. The van der Waals surface area contributed by atoms with Gasteiger partial charge in [-0.2, -0.15) is 0 Å². The highest BCUT2D eigenvalue weighted by atomic mass is 16.6. The van der Waals surface area contributed by atoms with Crippen LogP contribution < -0.4 is 10.6 Å². The molecule has 7 heteroatoms. The Balaban J connectivity index is 1.86. The zero-order valence-electron chi connectivity index (χ0n) is 17.1. The maximum absolute atomic E-state index is 12.1. The quantitative estimate of drug-likeness (QED) is 0.704. The first kappa shape index (κ1) is 21.9. The largest absolute Gasteiger partial charge is 0.452 e. The van der Waals surface area contributed by atoms with Crippen molar-refractivity contribution in [2.24, 2.45) is 0 Å². The van der Waals surface area contributed by atoms with Gasteiger partial charge in [0, 0.05) is 11.4 Å². The lowest BCUT2D eigenvalue weighted by Crippen LogP contribution is -2.27. The summed E-state index contributed by atoms with van der Waals surface area (Å²) in [6.07, 6.45) is 0.191. The lowest BCUT2D eigenvalue weighted by molar-refractivity contribution is -0.119. The zero-order valence-corrected chi connectivity index (χ0v) is 17.1. The number of aryl methyl sites for hydroxylation is 1. The fourth-order valence-electron chi connectivity index (χ4n) is 2.46. The first-order chi connectivity index (χ1) is 13.7. The van der Waals surface area contributed by atoms with Crippen LogP contribution >= 0.6 is 0 Å². The molecule has 0 aliphatic heterocycles. The van der Waals surface area contributed by atoms with Crippen LogP contribution in [0, 0.1) is 0 Å². The van der Waals surface area contributed by atoms with Crippen molar-refractivity contribution in [2.45, 2.75) is 39.7 Å². The van der Waals surface area contributed by atoms with E-state index in [1.807, 2.05) is 25.1 Å². The van der Waals surface area contributed by atoms with Crippen molar-refractivity contribution in [2.75, 3.05) is 17.2 Å². The van der Waals surface area contributed by atoms with Crippen molar-refractivity contribution < 1.29 is 23.9 Å². The van der Waals surface area contributed by atoms with E-state index in [4.69, 9.17) is 9.47 Å². The number of esters is 1. The molecule has 0 spiro atoms. The number of para-hydroxylation sites is 1. The number of carbonyl (C=O) groups excluding carboxylic acids is 3. The minimum atomic E-state index is -0.632. The predicted molar refractivity (Wildman–Crippen MR) is 111 cm³/mol. The number of hydrogen-bond donors (Lipinski definition) is 2. The van der Waals surface area contributed by atoms with E-state index in [9.17, 15) is 14.4 Å². The molecule has 2 rings (SSSR count). The third-order valence-electron chi connectivity index (χ3n) is 3.77. The summed E-state index contributed by atoms with van der Waals surface area (Å²) >= 11 is 0. The number of ether oxygens (including phenoxy) is 2. The molecule has 0 aliphatic carbocycles. The van der Waals surface area contributed by atoms with E-state index >= 15 is 0 Å². The normalized spacial score (nSPS) is 10.8. The van der Waals surface area contributed by atoms with Gasteiger partial charge in [-0.05, 0) is 63.1 Å². The highest BCUT2D eigenvalue weighted by Crippen LogP contribution is 2.16. The summed E-state index contributed by atoms with van der Waals surface area (Å²) in [6.45, 7) is 6.90. The van der Waals surface area contributed by atoms with Gasteiger partial charge in [0.2, 0.25) is 0 Å². The Morgan fingerprint density at radius 2 is 1.59 bits per heavy atom. The average molecular weight is 398 g/mol. The molecule has 0 aromatic heterocycles. The second kappa shape index (κ2) is 9.73. The van der Waals surface area contributed by atoms with Gasteiger partial charge < -0.3 is 14.8 Å². The van der Waals surface area contributed by atoms with Crippen molar-refractivity contribution >= 4 is 29.3 Å². The highest BCUT2D eigenvalue weighted by Gasteiger charge is 2.16. The second-order valence-electron chi connectivity index (χ2n) is 7.34. The van der Waals surface area contributed by atoms with Gasteiger partial charge in [-0.3, -0.25) is 10.1 Å². The van der Waals surface area contributed by atoms with Gasteiger partial charge in [0.15, 0.2) is 6.61 Å². The molecular weight excluding hydrogens is 372 g/mol. The molecule has 7 nitrogen and oxygen atoms in total. The number of benzene rings is 2. The number of rotatable bonds is 6. The Morgan fingerprint density at radius 3 is 2.21 bits per heavy atom. The van der Waals surface area contributed by atoms with Crippen LogP contribution in [0.3, 0.4) is 0 Å². The van der Waals surface area contributed by atoms with E-state index in [1.54, 1.807) is 39.0 Å². The average Bonchev–Trinajstić information content (AvgIpc) is 2.65. The van der Waals surface area contributed by atoms with Gasteiger partial charge in [0.05, 0.1) is 5.56 Å². The van der Waals surface area contributed by atoms with Crippen LogP contribution in [0.25, 0.3) is 0 Å². The van der Waals surface area contributed by atoms with Gasteiger partial charge in [0.1, 0.15) is 5.60 Å². The molecule has 2 aromatic carbocycles. The lowest BCUT2D eigenvalue weighted by Gasteiger charge is -2.19. The summed E-state index contributed by atoms with van der Waals surface area (Å²) in [5, 5.41) is 5.32. The van der Waals surface area contributed by atoms with Crippen molar-refractivity contribution in [3.8, 4) is 0 Å². The topological polar surface area (TPSA) is 93.7 Å². The van der Waals surface area contributed by atoms with E-state index in [0.29, 0.717) is 11.4 Å². The summed E-state index contributed by atoms with van der Waals surface area (Å²) in [5.41, 5.74) is 1.84. The molecule has 0 unspecified atom stereocenters. The second-order valence-corrected chi connectivity index (χ2v) is 7.34. The van der Waals surface area contributed by atoms with Crippen LogP contribution in [-0.4, -0.2) is 30.2 Å². The fraction of sp³-hybridized carbons (Fsp3) is 0.318. The molecular formula is C22H26N2O5. The Kier molecular flexibility index (Phi) is 7.36. The number of anilines is 2. The summed E-state index contributed by atoms with van der Waals surface area (Å²) in [5.74, 6) is -1.05. The first-order valence-electron chi connectivity index (χ1n) is 9.33. The van der Waals surface area contributed by atoms with Gasteiger partial charge in [0.25, 0.3) is 5.91 Å². The Bertz CT molecular complexity index is 870. The van der Waals surface area contributed by atoms with E-state index < -0.39 is 30.2 Å². The van der Waals surface area contributed by atoms with Crippen LogP contribution in [0.2, 0.25) is 0 Å². The van der Waals surface area contributed by atoms with E-state index in [1.165, 1.54) is 12.1 Å². The van der Waals surface area contributed by atoms with Crippen molar-refractivity contribution in [1.82, 2.24) is 0 Å². The van der Waals surface area contributed by atoms with Crippen LogP contribution in [0.15, 0.2) is 48.5 Å². The standard InChI is InChI=1S/C22H26N2O5/c1-5-15-8-6-7-9-18(15)24-19(25)14-28-20(26)16-10-12-17(13-11-16)23-21(27)29-22(2,3)4/h6-13H,5,14H2,1-4H3,(H,23,27)(H,24,25). The van der Waals surface area contributed by atoms with E-state index in [2.05, 4.69) is 10.6 Å². The summed E-state index contributed by atoms with van der Waals surface area (Å²) in [6, 6.07) is 13.6. The van der Waals surface area contributed by atoms with Gasteiger partial charge >= 0.3 is 12.1 Å². The molecule has 29 heavy (non-hydrogen) atoms. The summed E-state index contributed by atoms with van der Waals surface area (Å²) < 4.78 is 10.2. The molecule has 0 bridgehead atoms. The number of amides is 2. The van der Waals surface area contributed by atoms with E-state index in [0.717, 1.165) is 12.0 Å². The number of hydrogen-bond acceptors (Lipinski definition) is 5. The molecule has 0 fully saturated rings. The SMILES string of the molecule is CCc1ccccc1NC(=O)COC(=O)c1ccc(NC(=O)OC(C)(C)C)cc1. The van der Waals surface area contributed by atoms with Crippen LogP contribution in [0.1, 0.15) is 43.6 Å². The van der Waals surface area contributed by atoms with Crippen molar-refractivity contribution in [3.63, 3.8) is 0 Å². The highest BCUT2D eigenvalue weighted by molar-refractivity contribution is 5.96. The van der Waals surface area contributed by atoms with E-state index in [-0.39, 0.29) is 5.56 Å². The minimum absolute atomic E-state index is 0.265. The molecule has 2 aromatic rings. The molecule has 0 heterocycles. The molecule has 154 valence electrons.